The molecule has 0 radical (unpaired) electrons. The third-order valence-electron chi connectivity index (χ3n) is 1.93. The first kappa shape index (κ1) is 10.8. The van der Waals surface area contributed by atoms with Crippen molar-refractivity contribution >= 4 is 12.0 Å². The van der Waals surface area contributed by atoms with E-state index in [0.29, 0.717) is 12.7 Å². The number of hydrazone groups is 1. The molecule has 0 spiro atoms. The number of hydrogen-bond acceptors (Lipinski definition) is 5. The van der Waals surface area contributed by atoms with Crippen LogP contribution < -0.4 is 0 Å². The number of carbonyl (C=O) groups is 1. The van der Waals surface area contributed by atoms with Gasteiger partial charge in [0.05, 0.1) is 0 Å². The molecule has 0 N–H and O–H groups in total. The molecule has 0 fully saturated rings. The lowest BCUT2D eigenvalue weighted by Crippen LogP contribution is -2.29. The van der Waals surface area contributed by atoms with Crippen molar-refractivity contribution in [3.05, 3.63) is 0 Å². The molecule has 1 heterocycles. The number of carbonyl (C=O) groups excluding carboxylic acids is 1. The van der Waals surface area contributed by atoms with Crippen molar-refractivity contribution in [3.8, 4) is 0 Å². The summed E-state index contributed by atoms with van der Waals surface area (Å²) in [7, 11) is 1.85. The Hall–Kier alpha value is -1.26. The highest BCUT2D eigenvalue weighted by molar-refractivity contribution is 5.86. The van der Waals surface area contributed by atoms with Crippen molar-refractivity contribution in [1.29, 1.82) is 0 Å². The monoisotopic (exact) mass is 199 g/mol. The molecule has 5 heteroatoms. The van der Waals surface area contributed by atoms with Crippen molar-refractivity contribution in [2.75, 3.05) is 20.3 Å². The van der Waals surface area contributed by atoms with Gasteiger partial charge < -0.3 is 9.64 Å². The Balaban J connectivity index is 2.45. The van der Waals surface area contributed by atoms with E-state index in [1.54, 1.807) is 0 Å². The zero-order valence-electron chi connectivity index (χ0n) is 8.99. The molecule has 0 saturated carbocycles. The van der Waals surface area contributed by atoms with E-state index in [9.17, 15) is 4.79 Å². The van der Waals surface area contributed by atoms with E-state index < -0.39 is 0 Å². The van der Waals surface area contributed by atoms with Gasteiger partial charge in [-0.15, -0.1) is 5.10 Å². The standard InChI is InChI=1S/C9H17N3O2/c1-4-5-6-12-7-11(3)9(10-12)14-8(2)13/h4-7H2,1-3H3. The van der Waals surface area contributed by atoms with Crippen LogP contribution in [0.1, 0.15) is 26.7 Å². The summed E-state index contributed by atoms with van der Waals surface area (Å²) in [5.74, 6) is -0.326. The molecule has 0 aromatic rings. The molecule has 0 amide bonds. The van der Waals surface area contributed by atoms with E-state index in [-0.39, 0.29) is 5.97 Å². The Morgan fingerprint density at radius 2 is 2.36 bits per heavy atom. The molecule has 1 aliphatic rings. The number of nitrogens with zero attached hydrogens (tertiary/aromatic N) is 3. The Kier molecular flexibility index (Phi) is 3.73. The molecule has 0 bridgehead atoms. The first-order valence-corrected chi connectivity index (χ1v) is 4.86. The van der Waals surface area contributed by atoms with Gasteiger partial charge in [0, 0.05) is 20.5 Å². The van der Waals surface area contributed by atoms with Gasteiger partial charge in [-0.1, -0.05) is 13.3 Å². The van der Waals surface area contributed by atoms with Crippen molar-refractivity contribution in [2.45, 2.75) is 26.7 Å². The first-order chi connectivity index (χ1) is 6.63. The molecule has 14 heavy (non-hydrogen) atoms. The lowest BCUT2D eigenvalue weighted by molar-refractivity contribution is -0.133. The van der Waals surface area contributed by atoms with Crippen LogP contribution in [0.4, 0.5) is 0 Å². The summed E-state index contributed by atoms with van der Waals surface area (Å²) in [6.07, 6.45) is 2.24. The summed E-state index contributed by atoms with van der Waals surface area (Å²) >= 11 is 0. The van der Waals surface area contributed by atoms with E-state index in [1.165, 1.54) is 6.92 Å². The van der Waals surface area contributed by atoms with Crippen LogP contribution in [-0.4, -0.2) is 42.2 Å². The molecule has 0 aliphatic carbocycles. The molecule has 1 aliphatic heterocycles. The Morgan fingerprint density at radius 3 is 2.93 bits per heavy atom. The van der Waals surface area contributed by atoms with Crippen molar-refractivity contribution in [2.24, 2.45) is 5.10 Å². The normalized spacial score (nSPS) is 15.8. The largest absolute Gasteiger partial charge is 0.391 e. The Bertz CT molecular complexity index is 240. The van der Waals surface area contributed by atoms with E-state index in [0.717, 1.165) is 19.4 Å². The summed E-state index contributed by atoms with van der Waals surface area (Å²) in [5.41, 5.74) is 0. The lowest BCUT2D eigenvalue weighted by Gasteiger charge is -2.14. The van der Waals surface area contributed by atoms with Crippen LogP contribution >= 0.6 is 0 Å². The minimum Gasteiger partial charge on any atom is -0.391 e. The maximum Gasteiger partial charge on any atom is 0.318 e. The Morgan fingerprint density at radius 1 is 1.64 bits per heavy atom. The smallest absolute Gasteiger partial charge is 0.318 e. The molecule has 0 atom stereocenters. The first-order valence-electron chi connectivity index (χ1n) is 4.86. The van der Waals surface area contributed by atoms with Gasteiger partial charge in [-0.3, -0.25) is 9.80 Å². The predicted octanol–water partition coefficient (Wildman–Crippen LogP) is 0.825. The van der Waals surface area contributed by atoms with Crippen molar-refractivity contribution in [3.63, 3.8) is 0 Å². The summed E-state index contributed by atoms with van der Waals surface area (Å²) in [5, 5.41) is 6.08. The van der Waals surface area contributed by atoms with Crippen LogP contribution in [0, 0.1) is 0 Å². The van der Waals surface area contributed by atoms with Crippen LogP contribution in [0.15, 0.2) is 5.10 Å². The molecule has 0 unspecified atom stereocenters. The van der Waals surface area contributed by atoms with Crippen LogP contribution in [0.5, 0.6) is 0 Å². The number of ether oxygens (including phenoxy) is 1. The van der Waals surface area contributed by atoms with Gasteiger partial charge in [0.2, 0.25) is 0 Å². The van der Waals surface area contributed by atoms with Crippen molar-refractivity contribution < 1.29 is 9.53 Å². The van der Waals surface area contributed by atoms with E-state index >= 15 is 0 Å². The molecule has 0 aromatic heterocycles. The molecular formula is C9H17N3O2. The second-order valence-corrected chi connectivity index (χ2v) is 3.40. The third kappa shape index (κ3) is 2.90. The second kappa shape index (κ2) is 4.83. The van der Waals surface area contributed by atoms with Gasteiger partial charge in [0.1, 0.15) is 6.67 Å². The topological polar surface area (TPSA) is 45.1 Å². The summed E-state index contributed by atoms with van der Waals surface area (Å²) in [4.78, 5) is 12.5. The average Bonchev–Trinajstić information content (AvgIpc) is 2.43. The third-order valence-corrected chi connectivity index (χ3v) is 1.93. The van der Waals surface area contributed by atoms with Crippen LogP contribution in [0.2, 0.25) is 0 Å². The number of hydrogen-bond donors (Lipinski definition) is 0. The van der Waals surface area contributed by atoms with Crippen LogP contribution in [-0.2, 0) is 9.53 Å². The highest BCUT2D eigenvalue weighted by atomic mass is 16.6. The number of unbranched alkanes of at least 4 members (excludes halogenated alkanes) is 1. The zero-order chi connectivity index (χ0) is 10.6. The molecule has 5 nitrogen and oxygen atoms in total. The Labute approximate surface area is 84.3 Å². The highest BCUT2D eigenvalue weighted by Gasteiger charge is 2.21. The van der Waals surface area contributed by atoms with Crippen LogP contribution in [0.3, 0.4) is 0 Å². The fraction of sp³-hybridized carbons (Fsp3) is 0.778. The SMILES string of the molecule is CCCCN1CN(C)C(OC(C)=O)=N1. The minimum absolute atomic E-state index is 0.326. The van der Waals surface area contributed by atoms with Gasteiger partial charge in [-0.25, -0.2) is 0 Å². The van der Waals surface area contributed by atoms with Crippen molar-refractivity contribution in [1.82, 2.24) is 9.91 Å². The molecule has 80 valence electrons. The minimum atomic E-state index is -0.326. The van der Waals surface area contributed by atoms with Crippen LogP contribution in [0.25, 0.3) is 0 Å². The van der Waals surface area contributed by atoms with Gasteiger partial charge >= 0.3 is 12.0 Å². The summed E-state index contributed by atoms with van der Waals surface area (Å²) in [6.45, 7) is 5.12. The quantitative estimate of drug-likeness (QED) is 0.631. The molecule has 0 saturated heterocycles. The van der Waals surface area contributed by atoms with Gasteiger partial charge in [0.15, 0.2) is 0 Å². The number of rotatable bonds is 3. The maximum absolute atomic E-state index is 10.7. The van der Waals surface area contributed by atoms with Gasteiger partial charge in [-0.2, -0.15) is 0 Å². The van der Waals surface area contributed by atoms with E-state index in [2.05, 4.69) is 12.0 Å². The van der Waals surface area contributed by atoms with Gasteiger partial charge in [0.25, 0.3) is 0 Å². The molecule has 0 aromatic carbocycles. The number of esters is 1. The maximum atomic E-state index is 10.7. The fourth-order valence-electron chi connectivity index (χ4n) is 1.22. The van der Waals surface area contributed by atoms with E-state index in [1.807, 2.05) is 17.0 Å². The zero-order valence-corrected chi connectivity index (χ0v) is 8.99. The number of amidine groups is 1. The predicted molar refractivity (Wildman–Crippen MR) is 53.4 cm³/mol. The average molecular weight is 199 g/mol. The molecule has 1 rings (SSSR count). The lowest BCUT2D eigenvalue weighted by atomic mass is 10.3. The molecular weight excluding hydrogens is 182 g/mol. The summed E-state index contributed by atoms with van der Waals surface area (Å²) < 4.78 is 4.93. The fourth-order valence-corrected chi connectivity index (χ4v) is 1.22. The summed E-state index contributed by atoms with van der Waals surface area (Å²) in [6, 6.07) is 0.397. The second-order valence-electron chi connectivity index (χ2n) is 3.40. The van der Waals surface area contributed by atoms with Gasteiger partial charge in [-0.05, 0) is 6.42 Å². The van der Waals surface area contributed by atoms with E-state index in [4.69, 9.17) is 4.74 Å². The highest BCUT2D eigenvalue weighted by Crippen LogP contribution is 2.07.